The van der Waals surface area contributed by atoms with Gasteiger partial charge in [0.2, 0.25) is 5.91 Å². The van der Waals surface area contributed by atoms with Crippen molar-refractivity contribution in [2.45, 2.75) is 26.2 Å². The number of piperidine rings is 1. The van der Waals surface area contributed by atoms with Gasteiger partial charge in [-0.25, -0.2) is 0 Å². The van der Waals surface area contributed by atoms with Gasteiger partial charge >= 0.3 is 0 Å². The van der Waals surface area contributed by atoms with E-state index < -0.39 is 0 Å². The lowest BCUT2D eigenvalue weighted by Gasteiger charge is -2.31. The van der Waals surface area contributed by atoms with Crippen LogP contribution in [0.3, 0.4) is 0 Å². The van der Waals surface area contributed by atoms with Crippen LogP contribution >= 0.6 is 0 Å². The fraction of sp³-hybridized carbons (Fsp3) is 0.500. The Morgan fingerprint density at radius 1 is 1.29 bits per heavy atom. The van der Waals surface area contributed by atoms with E-state index in [1.54, 1.807) is 0 Å². The molecular weight excluding hydrogens is 266 g/mol. The van der Waals surface area contributed by atoms with Gasteiger partial charge in [-0.1, -0.05) is 19.1 Å². The molecule has 1 saturated heterocycles. The average molecular weight is 289 g/mol. The monoisotopic (exact) mass is 289 g/mol. The summed E-state index contributed by atoms with van der Waals surface area (Å²) in [7, 11) is 0. The Morgan fingerprint density at radius 2 is 1.95 bits per heavy atom. The molecule has 114 valence electrons. The van der Waals surface area contributed by atoms with Gasteiger partial charge in [-0.15, -0.1) is 0 Å². The van der Waals surface area contributed by atoms with Crippen molar-refractivity contribution in [3.8, 4) is 0 Å². The van der Waals surface area contributed by atoms with E-state index in [0.29, 0.717) is 31.5 Å². The predicted molar refractivity (Wildman–Crippen MR) is 83.0 cm³/mol. The Bertz CT molecular complexity index is 508. The fourth-order valence-corrected chi connectivity index (χ4v) is 2.62. The number of hydrogen-bond donors (Lipinski definition) is 2. The third-order valence-corrected chi connectivity index (χ3v) is 3.91. The van der Waals surface area contributed by atoms with Crippen LogP contribution in [0.15, 0.2) is 24.3 Å². The number of nitrogens with zero attached hydrogens (tertiary/aromatic N) is 1. The molecule has 0 aliphatic carbocycles. The maximum atomic E-state index is 12.6. The highest BCUT2D eigenvalue weighted by Gasteiger charge is 2.27. The summed E-state index contributed by atoms with van der Waals surface area (Å²) in [6, 6.07) is 7.58. The van der Waals surface area contributed by atoms with E-state index >= 15 is 0 Å². The Labute approximate surface area is 125 Å². The van der Waals surface area contributed by atoms with Crippen LogP contribution in [0.1, 0.15) is 36.5 Å². The largest absolute Gasteiger partial charge is 0.384 e. The van der Waals surface area contributed by atoms with Gasteiger partial charge in [-0.3, -0.25) is 9.59 Å². The molecule has 0 unspecified atom stereocenters. The van der Waals surface area contributed by atoms with Gasteiger partial charge in [0.25, 0.3) is 5.91 Å². The third kappa shape index (κ3) is 3.74. The van der Waals surface area contributed by atoms with Gasteiger partial charge in [0.15, 0.2) is 0 Å². The molecule has 1 aliphatic rings. The number of para-hydroxylation sites is 1. The van der Waals surface area contributed by atoms with Gasteiger partial charge < -0.3 is 16.0 Å². The number of primary amides is 1. The zero-order valence-corrected chi connectivity index (χ0v) is 12.5. The van der Waals surface area contributed by atoms with Gasteiger partial charge in [-0.05, 0) is 31.4 Å². The summed E-state index contributed by atoms with van der Waals surface area (Å²) in [4.78, 5) is 25.6. The molecular formula is C16H23N3O2. The van der Waals surface area contributed by atoms with Gasteiger partial charge in [-0.2, -0.15) is 0 Å². The zero-order chi connectivity index (χ0) is 15.2. The van der Waals surface area contributed by atoms with Crippen LogP contribution in [0, 0.1) is 5.92 Å². The molecule has 5 nitrogen and oxygen atoms in total. The van der Waals surface area contributed by atoms with Crippen LogP contribution in [-0.4, -0.2) is 36.3 Å². The predicted octanol–water partition coefficient (Wildman–Crippen LogP) is 1.85. The molecule has 5 heteroatoms. The highest BCUT2D eigenvalue weighted by atomic mass is 16.2. The number of nitrogens with one attached hydrogen (secondary N) is 1. The number of carbonyl (C=O) groups excluding carboxylic acids is 2. The van der Waals surface area contributed by atoms with Crippen molar-refractivity contribution in [1.82, 2.24) is 4.90 Å². The van der Waals surface area contributed by atoms with Crippen molar-refractivity contribution in [1.29, 1.82) is 0 Å². The number of likely N-dealkylation sites (tertiary alicyclic amines) is 1. The molecule has 0 radical (unpaired) electrons. The second kappa shape index (κ2) is 7.11. The molecule has 1 heterocycles. The number of benzene rings is 1. The summed E-state index contributed by atoms with van der Waals surface area (Å²) >= 11 is 0. The fourth-order valence-electron chi connectivity index (χ4n) is 2.62. The molecule has 0 spiro atoms. The van der Waals surface area contributed by atoms with Crippen LogP contribution in [0.2, 0.25) is 0 Å². The lowest BCUT2D eigenvalue weighted by molar-refractivity contribution is -0.123. The van der Waals surface area contributed by atoms with Gasteiger partial charge in [0.05, 0.1) is 5.56 Å². The minimum absolute atomic E-state index is 0.0251. The van der Waals surface area contributed by atoms with Crippen LogP contribution in [-0.2, 0) is 4.79 Å². The summed E-state index contributed by atoms with van der Waals surface area (Å²) in [5.41, 5.74) is 6.90. The van der Waals surface area contributed by atoms with Gasteiger partial charge in [0.1, 0.15) is 0 Å². The van der Waals surface area contributed by atoms with E-state index in [2.05, 4.69) is 12.2 Å². The molecule has 0 atom stereocenters. The lowest BCUT2D eigenvalue weighted by atomic mass is 9.95. The topological polar surface area (TPSA) is 75.4 Å². The maximum absolute atomic E-state index is 12.6. The summed E-state index contributed by atoms with van der Waals surface area (Å²) < 4.78 is 0. The molecule has 21 heavy (non-hydrogen) atoms. The average Bonchev–Trinajstić information content (AvgIpc) is 2.52. The van der Waals surface area contributed by atoms with Crippen molar-refractivity contribution >= 4 is 17.5 Å². The number of carbonyl (C=O) groups is 2. The summed E-state index contributed by atoms with van der Waals surface area (Å²) in [6.45, 7) is 4.11. The first-order chi connectivity index (χ1) is 10.1. The van der Waals surface area contributed by atoms with Crippen molar-refractivity contribution in [2.75, 3.05) is 25.0 Å². The van der Waals surface area contributed by atoms with Crippen molar-refractivity contribution in [3.63, 3.8) is 0 Å². The quantitative estimate of drug-likeness (QED) is 0.868. The Kier molecular flexibility index (Phi) is 5.20. The first-order valence-electron chi connectivity index (χ1n) is 7.55. The lowest BCUT2D eigenvalue weighted by Crippen LogP contribution is -2.41. The van der Waals surface area contributed by atoms with Crippen LogP contribution in [0.5, 0.6) is 0 Å². The van der Waals surface area contributed by atoms with E-state index in [4.69, 9.17) is 5.73 Å². The van der Waals surface area contributed by atoms with Crippen molar-refractivity contribution in [3.05, 3.63) is 29.8 Å². The molecule has 1 aromatic rings. The molecule has 1 fully saturated rings. The molecule has 2 amide bonds. The van der Waals surface area contributed by atoms with Crippen LogP contribution in [0.25, 0.3) is 0 Å². The molecule has 0 aromatic heterocycles. The maximum Gasteiger partial charge on any atom is 0.255 e. The highest BCUT2D eigenvalue weighted by molar-refractivity contribution is 5.99. The first-order valence-corrected chi connectivity index (χ1v) is 7.55. The molecule has 1 aromatic carbocycles. The third-order valence-electron chi connectivity index (χ3n) is 3.91. The number of rotatable bonds is 5. The van der Waals surface area contributed by atoms with Crippen LogP contribution < -0.4 is 11.1 Å². The molecule has 0 saturated carbocycles. The smallest absolute Gasteiger partial charge is 0.255 e. The number of anilines is 1. The van der Waals surface area contributed by atoms with Crippen molar-refractivity contribution in [2.24, 2.45) is 11.7 Å². The van der Waals surface area contributed by atoms with Crippen molar-refractivity contribution < 1.29 is 9.59 Å². The molecule has 2 rings (SSSR count). The summed E-state index contributed by atoms with van der Waals surface area (Å²) in [5, 5.41) is 3.29. The van der Waals surface area contributed by atoms with E-state index in [0.717, 1.165) is 18.7 Å². The van der Waals surface area contributed by atoms with E-state index in [-0.39, 0.29) is 17.7 Å². The highest BCUT2D eigenvalue weighted by Crippen LogP contribution is 2.22. The Hall–Kier alpha value is -2.04. The van der Waals surface area contributed by atoms with E-state index in [1.165, 1.54) is 0 Å². The molecule has 0 bridgehead atoms. The van der Waals surface area contributed by atoms with E-state index in [9.17, 15) is 9.59 Å². The SMILES string of the molecule is CCCNc1ccccc1C(=O)N1CCC(C(N)=O)CC1. The second-order valence-corrected chi connectivity index (χ2v) is 5.44. The summed E-state index contributed by atoms with van der Waals surface area (Å²) in [6.07, 6.45) is 2.32. The number of hydrogen-bond acceptors (Lipinski definition) is 3. The van der Waals surface area contributed by atoms with Gasteiger partial charge in [0, 0.05) is 31.2 Å². The number of nitrogens with two attached hydrogens (primary N) is 1. The normalized spacial score (nSPS) is 15.8. The standard InChI is InChI=1S/C16H23N3O2/c1-2-9-18-14-6-4-3-5-13(14)16(21)19-10-7-12(8-11-19)15(17)20/h3-6,12,18H,2,7-11H2,1H3,(H2,17,20). The van der Waals surface area contributed by atoms with Crippen LogP contribution in [0.4, 0.5) is 5.69 Å². The zero-order valence-electron chi connectivity index (χ0n) is 12.5. The molecule has 3 N–H and O–H groups in total. The molecule has 1 aliphatic heterocycles. The Balaban J connectivity index is 2.05. The Morgan fingerprint density at radius 3 is 2.57 bits per heavy atom. The minimum atomic E-state index is -0.257. The first kappa shape index (κ1) is 15.4. The summed E-state index contributed by atoms with van der Waals surface area (Å²) in [5.74, 6) is -0.327. The second-order valence-electron chi connectivity index (χ2n) is 5.44. The van der Waals surface area contributed by atoms with E-state index in [1.807, 2.05) is 29.2 Å². The minimum Gasteiger partial charge on any atom is -0.384 e. The number of amides is 2.